The van der Waals surface area contributed by atoms with Crippen molar-refractivity contribution in [3.8, 4) is 0 Å². The molecule has 0 radical (unpaired) electrons. The Balaban J connectivity index is 1.58. The second kappa shape index (κ2) is 5.78. The van der Waals surface area contributed by atoms with Crippen molar-refractivity contribution in [2.75, 3.05) is 25.1 Å². The fourth-order valence-electron chi connectivity index (χ4n) is 3.14. The van der Waals surface area contributed by atoms with Crippen LogP contribution in [0.3, 0.4) is 0 Å². The molecule has 0 spiro atoms. The molecule has 1 saturated heterocycles. The first-order valence-electron chi connectivity index (χ1n) is 7.78. The minimum absolute atomic E-state index is 0.0417. The number of urea groups is 1. The van der Waals surface area contributed by atoms with Gasteiger partial charge in [0, 0.05) is 25.0 Å². The number of hydrogen-bond acceptors (Lipinski definition) is 3. The topological polar surface area (TPSA) is 66.5 Å². The molecule has 0 aromatic heterocycles. The lowest BCUT2D eigenvalue weighted by atomic mass is 9.96. The maximum absolute atomic E-state index is 13.0. The van der Waals surface area contributed by atoms with Crippen molar-refractivity contribution in [2.45, 2.75) is 30.7 Å². The van der Waals surface area contributed by atoms with Crippen LogP contribution in [0.1, 0.15) is 24.8 Å². The highest BCUT2D eigenvalue weighted by Crippen LogP contribution is 2.47. The van der Waals surface area contributed by atoms with E-state index in [-0.39, 0.29) is 34.8 Å². The molecule has 126 valence electrons. The first-order chi connectivity index (χ1) is 10.8. The molecule has 2 fully saturated rings. The summed E-state index contributed by atoms with van der Waals surface area (Å²) in [4.78, 5) is 13.8. The van der Waals surface area contributed by atoms with Crippen molar-refractivity contribution in [3.05, 3.63) is 35.6 Å². The van der Waals surface area contributed by atoms with E-state index in [4.69, 9.17) is 0 Å². The van der Waals surface area contributed by atoms with Gasteiger partial charge < -0.3 is 10.2 Å². The second-order valence-corrected chi connectivity index (χ2v) is 8.84. The van der Waals surface area contributed by atoms with E-state index >= 15 is 0 Å². The van der Waals surface area contributed by atoms with Crippen LogP contribution in [0.5, 0.6) is 0 Å². The van der Waals surface area contributed by atoms with Crippen molar-refractivity contribution in [1.29, 1.82) is 0 Å². The molecule has 1 unspecified atom stereocenters. The summed E-state index contributed by atoms with van der Waals surface area (Å²) in [6.45, 7) is 0.487. The molecule has 2 amide bonds. The Morgan fingerprint density at radius 3 is 2.52 bits per heavy atom. The maximum atomic E-state index is 13.0. The van der Waals surface area contributed by atoms with Gasteiger partial charge in [-0.2, -0.15) is 0 Å². The van der Waals surface area contributed by atoms with Crippen LogP contribution in [-0.4, -0.2) is 50.5 Å². The van der Waals surface area contributed by atoms with Gasteiger partial charge in [-0.05, 0) is 37.0 Å². The van der Waals surface area contributed by atoms with Gasteiger partial charge in [0.15, 0.2) is 9.84 Å². The van der Waals surface area contributed by atoms with E-state index in [1.165, 1.54) is 17.0 Å². The normalized spacial score (nSPS) is 24.2. The lowest BCUT2D eigenvalue weighted by molar-refractivity contribution is 0.194. The third-order valence-electron chi connectivity index (χ3n) is 4.96. The number of amides is 2. The van der Waals surface area contributed by atoms with Crippen molar-refractivity contribution in [3.63, 3.8) is 0 Å². The number of nitrogens with zero attached hydrogens (tertiary/aromatic N) is 1. The number of carbonyl (C=O) groups is 1. The molecule has 5 nitrogen and oxygen atoms in total. The predicted molar refractivity (Wildman–Crippen MR) is 85.5 cm³/mol. The zero-order valence-electron chi connectivity index (χ0n) is 13.1. The largest absolute Gasteiger partial charge is 0.337 e. The quantitative estimate of drug-likeness (QED) is 0.907. The highest BCUT2D eigenvalue weighted by Gasteiger charge is 2.44. The average Bonchev–Trinajstić information content (AvgIpc) is 3.22. The Hall–Kier alpha value is -1.63. The van der Waals surface area contributed by atoms with Gasteiger partial charge in [-0.25, -0.2) is 17.6 Å². The first-order valence-corrected chi connectivity index (χ1v) is 9.61. The van der Waals surface area contributed by atoms with E-state index in [1.54, 1.807) is 19.2 Å². The number of rotatable bonds is 4. The SMILES string of the molecule is CN(C(=O)NCC1(c2ccc(F)cc2)CC1)C1CCS(=O)(=O)C1. The van der Waals surface area contributed by atoms with Gasteiger partial charge in [-0.15, -0.1) is 0 Å². The summed E-state index contributed by atoms with van der Waals surface area (Å²) in [5.41, 5.74) is 0.927. The van der Waals surface area contributed by atoms with Gasteiger partial charge in [0.25, 0.3) is 0 Å². The molecule has 1 heterocycles. The van der Waals surface area contributed by atoms with Crippen LogP contribution in [0.2, 0.25) is 0 Å². The van der Waals surface area contributed by atoms with Crippen molar-refractivity contribution >= 4 is 15.9 Å². The number of carbonyl (C=O) groups excluding carboxylic acids is 1. The van der Waals surface area contributed by atoms with E-state index in [9.17, 15) is 17.6 Å². The fourth-order valence-corrected chi connectivity index (χ4v) is 4.91. The van der Waals surface area contributed by atoms with Crippen LogP contribution in [0.25, 0.3) is 0 Å². The molecule has 23 heavy (non-hydrogen) atoms. The minimum Gasteiger partial charge on any atom is -0.337 e. The van der Waals surface area contributed by atoms with E-state index in [0.717, 1.165) is 18.4 Å². The van der Waals surface area contributed by atoms with Crippen LogP contribution < -0.4 is 5.32 Å². The average molecular weight is 340 g/mol. The van der Waals surface area contributed by atoms with Gasteiger partial charge in [-0.1, -0.05) is 12.1 Å². The Morgan fingerprint density at radius 1 is 1.35 bits per heavy atom. The monoisotopic (exact) mass is 340 g/mol. The highest BCUT2D eigenvalue weighted by atomic mass is 32.2. The molecule has 1 N–H and O–H groups in total. The summed E-state index contributed by atoms with van der Waals surface area (Å²) >= 11 is 0. The van der Waals surface area contributed by atoms with Gasteiger partial charge in [0.05, 0.1) is 11.5 Å². The molecule has 1 saturated carbocycles. The van der Waals surface area contributed by atoms with Crippen LogP contribution >= 0.6 is 0 Å². The van der Waals surface area contributed by atoms with Crippen molar-refractivity contribution in [2.24, 2.45) is 0 Å². The summed E-state index contributed by atoms with van der Waals surface area (Å²) in [6.07, 6.45) is 2.41. The highest BCUT2D eigenvalue weighted by molar-refractivity contribution is 7.91. The second-order valence-electron chi connectivity index (χ2n) is 6.61. The van der Waals surface area contributed by atoms with Gasteiger partial charge >= 0.3 is 6.03 Å². The molecule has 1 aromatic carbocycles. The molecule has 0 bridgehead atoms. The molecule has 7 heteroatoms. The van der Waals surface area contributed by atoms with Gasteiger partial charge in [0.2, 0.25) is 0 Å². The Morgan fingerprint density at radius 2 is 2.00 bits per heavy atom. The van der Waals surface area contributed by atoms with Crippen LogP contribution in [-0.2, 0) is 15.3 Å². The third-order valence-corrected chi connectivity index (χ3v) is 6.71. The third kappa shape index (κ3) is 3.49. The standard InChI is InChI=1S/C16H21FN2O3S/c1-19(14-6-9-23(21,22)10-14)15(20)18-11-16(7-8-16)12-2-4-13(17)5-3-12/h2-5,14H,6-11H2,1H3,(H,18,20). The Bertz CT molecular complexity index is 699. The summed E-state index contributed by atoms with van der Waals surface area (Å²) in [6, 6.07) is 5.91. The van der Waals surface area contributed by atoms with E-state index in [1.807, 2.05) is 0 Å². The molecular formula is C16H21FN2O3S. The van der Waals surface area contributed by atoms with E-state index in [2.05, 4.69) is 5.32 Å². The van der Waals surface area contributed by atoms with Gasteiger partial charge in [-0.3, -0.25) is 0 Å². The van der Waals surface area contributed by atoms with Crippen molar-refractivity contribution in [1.82, 2.24) is 10.2 Å². The minimum atomic E-state index is -3.01. The van der Waals surface area contributed by atoms with Gasteiger partial charge in [0.1, 0.15) is 5.82 Å². The zero-order chi connectivity index (χ0) is 16.7. The lowest BCUT2D eigenvalue weighted by Gasteiger charge is -2.25. The molecule has 1 aliphatic heterocycles. The number of sulfone groups is 1. The molecule has 1 aromatic rings. The molecule has 1 aliphatic carbocycles. The smallest absolute Gasteiger partial charge is 0.317 e. The number of nitrogens with one attached hydrogen (secondary N) is 1. The fraction of sp³-hybridized carbons (Fsp3) is 0.562. The Kier molecular flexibility index (Phi) is 4.08. The summed E-state index contributed by atoms with van der Waals surface area (Å²) < 4.78 is 36.1. The number of halogens is 1. The van der Waals surface area contributed by atoms with E-state index in [0.29, 0.717) is 13.0 Å². The van der Waals surface area contributed by atoms with Crippen LogP contribution in [0.4, 0.5) is 9.18 Å². The maximum Gasteiger partial charge on any atom is 0.317 e. The molecular weight excluding hydrogens is 319 g/mol. The zero-order valence-corrected chi connectivity index (χ0v) is 13.9. The van der Waals surface area contributed by atoms with Crippen molar-refractivity contribution < 1.29 is 17.6 Å². The number of benzene rings is 1. The van der Waals surface area contributed by atoms with Crippen LogP contribution in [0.15, 0.2) is 24.3 Å². The predicted octanol–water partition coefficient (Wildman–Crippen LogP) is 1.69. The molecule has 2 aliphatic rings. The summed E-state index contributed by atoms with van der Waals surface area (Å²) in [5.74, 6) is -0.0785. The first kappa shape index (κ1) is 16.2. The van der Waals surface area contributed by atoms with E-state index < -0.39 is 9.84 Å². The molecule has 1 atom stereocenters. The molecule has 3 rings (SSSR count). The summed E-state index contributed by atoms with van der Waals surface area (Å²) in [7, 11) is -1.37. The Labute approximate surface area is 135 Å². The number of hydrogen-bond donors (Lipinski definition) is 1. The van der Waals surface area contributed by atoms with Crippen LogP contribution in [0, 0.1) is 5.82 Å². The lowest BCUT2D eigenvalue weighted by Crippen LogP contribution is -2.46. The summed E-state index contributed by atoms with van der Waals surface area (Å²) in [5, 5.41) is 2.90.